The minimum atomic E-state index is -0.0546. The molecule has 148 valence electrons. The lowest BCUT2D eigenvalue weighted by Gasteiger charge is -2.29. The quantitative estimate of drug-likeness (QED) is 0.255. The number of oxime groups is 1. The van der Waals surface area contributed by atoms with Crippen molar-refractivity contribution in [3.8, 4) is 0 Å². The number of benzene rings is 2. The van der Waals surface area contributed by atoms with Crippen molar-refractivity contribution in [2.75, 3.05) is 10.6 Å². The van der Waals surface area contributed by atoms with Gasteiger partial charge in [-0.2, -0.15) is 0 Å². The molecule has 5 nitrogen and oxygen atoms in total. The van der Waals surface area contributed by atoms with Crippen LogP contribution in [-0.2, 0) is 4.79 Å². The smallest absolute Gasteiger partial charge is 0.221 e. The molecule has 3 N–H and O–H groups in total. The van der Waals surface area contributed by atoms with Crippen LogP contribution in [0.3, 0.4) is 0 Å². The molecule has 3 rings (SSSR count). The number of anilines is 2. The number of carbonyl (C=O) groups excluding carboxylic acids is 1. The minimum Gasteiger partial charge on any atom is -0.409 e. The largest absolute Gasteiger partial charge is 0.409 e. The van der Waals surface area contributed by atoms with Gasteiger partial charge in [0.1, 0.15) is 5.84 Å². The summed E-state index contributed by atoms with van der Waals surface area (Å²) in [7, 11) is 0. The van der Waals surface area contributed by atoms with Crippen LogP contribution in [-0.4, -0.2) is 17.0 Å². The fourth-order valence-electron chi connectivity index (χ4n) is 3.86. The van der Waals surface area contributed by atoms with Crippen LogP contribution >= 0.6 is 11.6 Å². The van der Waals surface area contributed by atoms with E-state index >= 15 is 0 Å². The summed E-state index contributed by atoms with van der Waals surface area (Å²) in [5, 5.41) is 19.4. The Balaban J connectivity index is 1.51. The van der Waals surface area contributed by atoms with Gasteiger partial charge in [-0.1, -0.05) is 35.0 Å². The van der Waals surface area contributed by atoms with Gasteiger partial charge in [-0.15, -0.1) is 0 Å². The van der Waals surface area contributed by atoms with E-state index in [4.69, 9.17) is 11.6 Å². The van der Waals surface area contributed by atoms with Crippen LogP contribution in [0.4, 0.5) is 11.4 Å². The van der Waals surface area contributed by atoms with E-state index in [2.05, 4.69) is 27.9 Å². The third-order valence-electron chi connectivity index (χ3n) is 5.27. The number of nitrogens with zero attached hydrogens (tertiary/aromatic N) is 1. The van der Waals surface area contributed by atoms with Gasteiger partial charge in [0, 0.05) is 29.7 Å². The number of halogens is 1. The summed E-state index contributed by atoms with van der Waals surface area (Å²) in [6, 6.07) is 15.5. The Labute approximate surface area is 170 Å². The first-order chi connectivity index (χ1) is 13.5. The number of nitrogens with one attached hydrogen (secondary N) is 2. The second-order valence-corrected chi connectivity index (χ2v) is 7.84. The van der Waals surface area contributed by atoms with E-state index in [1.54, 1.807) is 0 Å². The zero-order chi connectivity index (χ0) is 19.9. The van der Waals surface area contributed by atoms with Crippen LogP contribution in [0.2, 0.25) is 5.02 Å². The SMILES string of the molecule is CC(=O)Nc1ccc([C@H]2CC[C@@H](C/C(=N/O)Nc3cccc(Cl)c3)CC2)cc1. The molecule has 0 unspecified atom stereocenters. The maximum atomic E-state index is 11.1. The summed E-state index contributed by atoms with van der Waals surface area (Å²) in [5.74, 6) is 1.55. The third kappa shape index (κ3) is 5.73. The molecular weight excluding hydrogens is 374 g/mol. The highest BCUT2D eigenvalue weighted by atomic mass is 35.5. The van der Waals surface area contributed by atoms with E-state index in [1.165, 1.54) is 12.5 Å². The monoisotopic (exact) mass is 399 g/mol. The average molecular weight is 400 g/mol. The molecule has 28 heavy (non-hydrogen) atoms. The van der Waals surface area contributed by atoms with Gasteiger partial charge in [-0.3, -0.25) is 4.79 Å². The van der Waals surface area contributed by atoms with Crippen LogP contribution in [0.5, 0.6) is 0 Å². The lowest BCUT2D eigenvalue weighted by molar-refractivity contribution is -0.114. The van der Waals surface area contributed by atoms with Gasteiger partial charge in [-0.05, 0) is 73.4 Å². The summed E-state index contributed by atoms with van der Waals surface area (Å²) >= 11 is 6.01. The van der Waals surface area contributed by atoms with E-state index in [0.29, 0.717) is 22.7 Å². The molecule has 0 atom stereocenters. The van der Waals surface area contributed by atoms with Gasteiger partial charge in [-0.25, -0.2) is 0 Å². The second kappa shape index (κ2) is 9.60. The molecule has 2 aromatic rings. The molecule has 0 radical (unpaired) electrons. The van der Waals surface area contributed by atoms with Crippen LogP contribution in [0.1, 0.15) is 50.5 Å². The van der Waals surface area contributed by atoms with Gasteiger partial charge in [0.15, 0.2) is 0 Å². The first kappa shape index (κ1) is 20.2. The molecule has 1 aliphatic carbocycles. The first-order valence-corrected chi connectivity index (χ1v) is 10.0. The van der Waals surface area contributed by atoms with E-state index < -0.39 is 0 Å². The summed E-state index contributed by atoms with van der Waals surface area (Å²) < 4.78 is 0. The fraction of sp³-hybridized carbons (Fsp3) is 0.364. The Hall–Kier alpha value is -2.53. The molecule has 0 heterocycles. The Bertz CT molecular complexity index is 828. The topological polar surface area (TPSA) is 73.7 Å². The number of hydrogen-bond donors (Lipinski definition) is 3. The van der Waals surface area contributed by atoms with Crippen molar-refractivity contribution >= 4 is 34.7 Å². The number of amidine groups is 1. The van der Waals surface area contributed by atoms with Crippen LogP contribution in [0, 0.1) is 5.92 Å². The van der Waals surface area contributed by atoms with Gasteiger partial charge in [0.05, 0.1) is 0 Å². The first-order valence-electron chi connectivity index (χ1n) is 9.64. The van der Waals surface area contributed by atoms with Crippen molar-refractivity contribution in [3.63, 3.8) is 0 Å². The maximum Gasteiger partial charge on any atom is 0.221 e. The molecule has 0 spiro atoms. The molecule has 0 saturated heterocycles. The highest BCUT2D eigenvalue weighted by Crippen LogP contribution is 2.37. The Morgan fingerprint density at radius 1 is 1.07 bits per heavy atom. The van der Waals surface area contributed by atoms with Crippen LogP contribution in [0.25, 0.3) is 0 Å². The molecule has 2 aromatic carbocycles. The molecule has 6 heteroatoms. The normalized spacial score (nSPS) is 19.9. The number of amides is 1. The van der Waals surface area contributed by atoms with Crippen LogP contribution in [0.15, 0.2) is 53.7 Å². The van der Waals surface area contributed by atoms with Gasteiger partial charge >= 0.3 is 0 Å². The summed E-state index contributed by atoms with van der Waals surface area (Å²) in [6.07, 6.45) is 5.12. The summed E-state index contributed by atoms with van der Waals surface area (Å²) in [6.45, 7) is 1.51. The third-order valence-corrected chi connectivity index (χ3v) is 5.50. The minimum absolute atomic E-state index is 0.0546. The summed E-state index contributed by atoms with van der Waals surface area (Å²) in [4.78, 5) is 11.1. The van der Waals surface area contributed by atoms with Crippen molar-refractivity contribution in [1.29, 1.82) is 0 Å². The number of rotatable bonds is 5. The molecule has 0 bridgehead atoms. The number of hydrogen-bond acceptors (Lipinski definition) is 3. The van der Waals surface area contributed by atoms with Gasteiger partial charge in [0.2, 0.25) is 5.91 Å². The van der Waals surface area contributed by atoms with E-state index in [9.17, 15) is 10.0 Å². The predicted octanol–water partition coefficient (Wildman–Crippen LogP) is 5.86. The standard InChI is InChI=1S/C22H26ClN3O2/c1-15(27)24-20-11-9-18(10-12-20)17-7-5-16(6-8-17)13-22(26-28)25-21-4-2-3-19(23)14-21/h2-4,9-12,14,16-17,28H,5-8,13H2,1H3,(H,24,27)(H,25,26)/t16-,17+. The highest BCUT2D eigenvalue weighted by molar-refractivity contribution is 6.30. The van der Waals surface area contributed by atoms with Crippen molar-refractivity contribution in [1.82, 2.24) is 0 Å². The van der Waals surface area contributed by atoms with E-state index in [0.717, 1.165) is 43.5 Å². The van der Waals surface area contributed by atoms with Crippen molar-refractivity contribution in [2.24, 2.45) is 11.1 Å². The molecule has 0 aliphatic heterocycles. The van der Waals surface area contributed by atoms with Gasteiger partial charge in [0.25, 0.3) is 0 Å². The fourth-order valence-corrected chi connectivity index (χ4v) is 4.06. The Morgan fingerprint density at radius 3 is 2.39 bits per heavy atom. The molecule has 1 amide bonds. The average Bonchev–Trinajstić information content (AvgIpc) is 2.68. The van der Waals surface area contributed by atoms with Gasteiger partial charge < -0.3 is 15.8 Å². The zero-order valence-electron chi connectivity index (χ0n) is 16.0. The zero-order valence-corrected chi connectivity index (χ0v) is 16.7. The lowest BCUT2D eigenvalue weighted by Crippen LogP contribution is -2.21. The van der Waals surface area contributed by atoms with Crippen LogP contribution < -0.4 is 10.6 Å². The molecule has 0 aromatic heterocycles. The second-order valence-electron chi connectivity index (χ2n) is 7.41. The molecule has 1 saturated carbocycles. The predicted molar refractivity (Wildman–Crippen MR) is 114 cm³/mol. The lowest BCUT2D eigenvalue weighted by atomic mass is 9.77. The van der Waals surface area contributed by atoms with Crippen molar-refractivity contribution < 1.29 is 10.0 Å². The van der Waals surface area contributed by atoms with Crippen molar-refractivity contribution in [3.05, 3.63) is 59.1 Å². The Kier molecular flexibility index (Phi) is 6.93. The van der Waals surface area contributed by atoms with Crippen molar-refractivity contribution in [2.45, 2.75) is 44.9 Å². The Morgan fingerprint density at radius 2 is 1.79 bits per heavy atom. The van der Waals surface area contributed by atoms with E-state index in [1.807, 2.05) is 36.4 Å². The molecular formula is C22H26ClN3O2. The number of carbonyl (C=O) groups is 1. The maximum absolute atomic E-state index is 11.1. The molecule has 1 aliphatic rings. The summed E-state index contributed by atoms with van der Waals surface area (Å²) in [5.41, 5.74) is 2.98. The van der Waals surface area contributed by atoms with E-state index in [-0.39, 0.29) is 5.91 Å². The molecule has 1 fully saturated rings. The highest BCUT2D eigenvalue weighted by Gasteiger charge is 2.24.